The number of thioether (sulfide) groups is 8. The number of benzene rings is 4. The molecule has 8 atom stereocenters. The number of amides is 4. The Balaban J connectivity index is 1.12. The molecule has 4 aromatic carbocycles. The molecule has 0 aromatic heterocycles. The third-order valence-corrected chi connectivity index (χ3v) is 25.4. The van der Waals surface area contributed by atoms with Crippen molar-refractivity contribution in [3.63, 3.8) is 0 Å². The van der Waals surface area contributed by atoms with Crippen molar-refractivity contribution >= 4 is 124 Å². The molecule has 4 aromatic rings. The van der Waals surface area contributed by atoms with Crippen LogP contribution in [0.15, 0.2) is 133 Å². The summed E-state index contributed by atoms with van der Waals surface area (Å²) >= 11 is 11.8. The van der Waals surface area contributed by atoms with E-state index in [4.69, 9.17) is 4.84 Å². The van der Waals surface area contributed by atoms with Crippen molar-refractivity contribution in [1.82, 2.24) is 19.6 Å². The Morgan fingerprint density at radius 1 is 0.386 bits per heavy atom. The molecular weight excluding hydrogens is 1440 g/mol. The van der Waals surface area contributed by atoms with Gasteiger partial charge in [-0.05, 0) is 95.8 Å². The van der Waals surface area contributed by atoms with E-state index in [0.29, 0.717) is 179 Å². The maximum Gasteiger partial charge on any atom is 0.223 e. The molecule has 0 aliphatic carbocycles. The molecule has 0 saturated heterocycles. The molecule has 101 heavy (non-hydrogen) atoms. The third kappa shape index (κ3) is 39.6. The van der Waals surface area contributed by atoms with Crippen molar-refractivity contribution in [1.29, 1.82) is 0 Å². The fourth-order valence-electron chi connectivity index (χ4n) is 10.4. The van der Waals surface area contributed by atoms with Gasteiger partial charge in [-0.25, -0.2) is 0 Å². The molecule has 18 nitrogen and oxygen atoms in total. The molecule has 2 bridgehead atoms. The Bertz CT molecular complexity index is 2870. The van der Waals surface area contributed by atoms with Crippen LogP contribution in [-0.2, 0) is 49.8 Å². The minimum Gasteiger partial charge on any atom is -0.396 e. The van der Waals surface area contributed by atoms with Gasteiger partial charge in [0, 0.05) is 147 Å². The summed E-state index contributed by atoms with van der Waals surface area (Å²) in [6.07, 6.45) is 1.63. The molecule has 0 saturated carbocycles. The molecule has 26 heteroatoms. The van der Waals surface area contributed by atoms with E-state index in [-0.39, 0.29) is 66.6 Å². The Labute approximate surface area is 635 Å². The molecule has 8 N–H and O–H groups in total. The molecule has 2 aliphatic heterocycles. The highest BCUT2D eigenvalue weighted by Gasteiger charge is 2.24. The summed E-state index contributed by atoms with van der Waals surface area (Å²) in [6, 6.07) is 37.7. The van der Waals surface area contributed by atoms with Crippen molar-refractivity contribution in [2.45, 2.75) is 126 Å². The van der Waals surface area contributed by atoms with Crippen LogP contribution in [0.2, 0.25) is 0 Å². The van der Waals surface area contributed by atoms with Crippen molar-refractivity contribution < 1.29 is 64.9 Å². The number of hydrogen-bond acceptors (Lipinski definition) is 22. The van der Waals surface area contributed by atoms with Crippen LogP contribution in [0, 0.1) is 0 Å². The van der Waals surface area contributed by atoms with Crippen molar-refractivity contribution in [2.24, 2.45) is 5.16 Å². The number of nitrogens with zero attached hydrogens (tertiary/aromatic N) is 5. The van der Waals surface area contributed by atoms with Gasteiger partial charge in [-0.15, -0.1) is 6.58 Å². The predicted octanol–water partition coefficient (Wildman–Crippen LogP) is 8.65. The average molecular weight is 1550 g/mol. The van der Waals surface area contributed by atoms with E-state index in [1.165, 1.54) is 94.1 Å². The number of carbonyl (C=O) groups is 4. The Hall–Kier alpha value is -3.55. The quantitative estimate of drug-likeness (QED) is 0.0653. The van der Waals surface area contributed by atoms with E-state index in [0.717, 1.165) is 27.8 Å². The lowest BCUT2D eigenvalue weighted by molar-refractivity contribution is -0.131. The van der Waals surface area contributed by atoms with Crippen LogP contribution < -0.4 is 0 Å². The molecule has 0 spiro atoms. The van der Waals surface area contributed by atoms with Gasteiger partial charge in [-0.1, -0.05) is 126 Å². The summed E-state index contributed by atoms with van der Waals surface area (Å²) in [5, 5.41) is 91.0. The van der Waals surface area contributed by atoms with Gasteiger partial charge in [0.1, 0.15) is 6.61 Å². The van der Waals surface area contributed by atoms with Gasteiger partial charge >= 0.3 is 0 Å². The minimum absolute atomic E-state index is 0.00928. The van der Waals surface area contributed by atoms with E-state index < -0.39 is 48.8 Å². The van der Waals surface area contributed by atoms with Crippen LogP contribution in [0.3, 0.4) is 0 Å². The monoisotopic (exact) mass is 1550 g/mol. The number of aliphatic hydroxyl groups is 8. The lowest BCUT2D eigenvalue weighted by Gasteiger charge is -2.24. The highest BCUT2D eigenvalue weighted by atomic mass is 32.2. The topological polar surface area (TPSA) is 265 Å². The zero-order valence-corrected chi connectivity index (χ0v) is 65.1. The number of hydrogen-bond donors (Lipinski definition) is 8. The Morgan fingerprint density at radius 2 is 0.673 bits per heavy atom. The highest BCUT2D eigenvalue weighted by molar-refractivity contribution is 8.00. The third-order valence-electron chi connectivity index (χ3n) is 16.5. The highest BCUT2D eigenvalue weighted by Crippen LogP contribution is 2.21. The largest absolute Gasteiger partial charge is 0.396 e. The average Bonchev–Trinajstić information content (AvgIpc) is 1.00. The SMILES string of the molecule is C=CCN1Cc2ccc(cc2)/C=N\OCCCSCC(O)C(O)CSCCC(=O)N(CCc2ccccc2)CCCSCC(O)C(O)CSCCC(=O)N(CCc2ccccc2)CCCSCC(O)C(O)CSCCC(=O)N(CCc2ccccc2)CCCSCC(O)C(O)CSCCC1=O. The molecule has 6 rings (SSSR count). The maximum atomic E-state index is 13.7. The summed E-state index contributed by atoms with van der Waals surface area (Å²) in [7, 11) is 0. The van der Waals surface area contributed by atoms with Crippen LogP contribution in [0.25, 0.3) is 0 Å². The first-order valence-electron chi connectivity index (χ1n) is 35.2. The zero-order chi connectivity index (χ0) is 72.5. The molecular formula is C75H111N5O13S8. The van der Waals surface area contributed by atoms with Gasteiger partial charge in [-0.2, -0.15) is 94.1 Å². The molecule has 4 amide bonds. The fraction of sp³-hybridized carbons (Fsp3) is 0.587. The molecule has 0 fully saturated rings. The fourth-order valence-corrected chi connectivity index (χ4v) is 18.0. The minimum atomic E-state index is -0.978. The first kappa shape index (κ1) is 88.1. The summed E-state index contributed by atoms with van der Waals surface area (Å²) < 4.78 is 0. The molecule has 2 aliphatic rings. The molecule has 562 valence electrons. The second-order valence-electron chi connectivity index (χ2n) is 24.8. The summed E-state index contributed by atoms with van der Waals surface area (Å²) in [5.74, 6) is 7.09. The number of aliphatic hydroxyl groups excluding tert-OH is 8. The van der Waals surface area contributed by atoms with Crippen molar-refractivity contribution in [2.75, 3.05) is 144 Å². The summed E-state index contributed by atoms with van der Waals surface area (Å²) in [6.45, 7) is 8.23. The van der Waals surface area contributed by atoms with E-state index in [1.54, 1.807) is 17.2 Å². The van der Waals surface area contributed by atoms with E-state index in [1.807, 2.05) is 130 Å². The molecule has 8 unspecified atom stereocenters. The Morgan fingerprint density at radius 3 is 0.980 bits per heavy atom. The first-order chi connectivity index (χ1) is 49.1. The number of oxime groups is 1. The molecule has 2 heterocycles. The van der Waals surface area contributed by atoms with Gasteiger partial charge in [-0.3, -0.25) is 19.2 Å². The predicted molar refractivity (Wildman–Crippen MR) is 429 cm³/mol. The van der Waals surface area contributed by atoms with Crippen molar-refractivity contribution in [3.8, 4) is 0 Å². The molecule has 0 radical (unpaired) electrons. The second kappa shape index (κ2) is 55.0. The van der Waals surface area contributed by atoms with Crippen LogP contribution in [0.5, 0.6) is 0 Å². The van der Waals surface area contributed by atoms with Gasteiger partial charge in [0.15, 0.2) is 0 Å². The number of fused-ring (bicyclic) bond motifs is 56. The summed E-state index contributed by atoms with van der Waals surface area (Å²) in [4.78, 5) is 67.2. The van der Waals surface area contributed by atoms with Crippen LogP contribution in [-0.4, -0.2) is 284 Å². The van der Waals surface area contributed by atoms with Gasteiger partial charge in [0.05, 0.1) is 55.0 Å². The second-order valence-corrected chi connectivity index (χ2v) is 34.0. The van der Waals surface area contributed by atoms with E-state index in [9.17, 15) is 60.0 Å². The van der Waals surface area contributed by atoms with Crippen LogP contribution in [0.1, 0.15) is 79.2 Å². The van der Waals surface area contributed by atoms with Gasteiger partial charge in [0.25, 0.3) is 0 Å². The maximum absolute atomic E-state index is 13.7. The standard InChI is InChI=1S/C75H111N5O13S8/c1-2-33-80-50-63-24-22-62(23-25-63)49-76-93-40-15-44-97-54-67(84)71(88)57-100-47-31-74(91)79(39-28-61-20-10-5-11-21-61)35-13-42-95-52-65(82)69(86)55-98-45-29-72(89)77(37-26-59-16-6-3-7-17-59)34-12-41-94-51-64(81)68(85)56-99-46-30-73(90)78(38-27-60-18-8-4-9-19-60)36-14-43-96-53-66(83)70(87)58-101-48-32-75(80)92/h2-11,16-25,49,64-71,81-88H,1,12-15,26-48,50-58H2/b76-49-. The summed E-state index contributed by atoms with van der Waals surface area (Å²) in [5.41, 5.74) is 5.15. The lowest BCUT2D eigenvalue weighted by atomic mass is 10.1. The van der Waals surface area contributed by atoms with E-state index in [2.05, 4.69) is 11.7 Å². The Kier molecular flexibility index (Phi) is 47.9. The first-order valence-corrected chi connectivity index (χ1v) is 44.5. The van der Waals surface area contributed by atoms with Gasteiger partial charge in [0.2, 0.25) is 23.6 Å². The lowest BCUT2D eigenvalue weighted by Crippen LogP contribution is -2.35. The van der Waals surface area contributed by atoms with Gasteiger partial charge < -0.3 is 65.3 Å². The van der Waals surface area contributed by atoms with Crippen LogP contribution >= 0.6 is 94.1 Å². The van der Waals surface area contributed by atoms with E-state index >= 15 is 0 Å². The van der Waals surface area contributed by atoms with Crippen molar-refractivity contribution in [3.05, 3.63) is 156 Å². The smallest absolute Gasteiger partial charge is 0.223 e. The normalized spacial score (nSPS) is 24.6. The number of rotatable bonds is 11. The number of carbonyl (C=O) groups excluding carboxylic acids is 4. The zero-order valence-electron chi connectivity index (χ0n) is 58.5. The van der Waals surface area contributed by atoms with Crippen LogP contribution in [0.4, 0.5) is 0 Å².